The molecule has 1 aliphatic rings. The molecule has 5 nitrogen and oxygen atoms in total. The van der Waals surface area contributed by atoms with Crippen LogP contribution in [0.2, 0.25) is 0 Å². The molecule has 1 aromatic heterocycles. The first-order valence-electron chi connectivity index (χ1n) is 7.72. The predicted molar refractivity (Wildman–Crippen MR) is 77.0 cm³/mol. The zero-order valence-corrected chi connectivity index (χ0v) is 13.1. The molecule has 1 aromatic rings. The molecule has 0 spiro atoms. The Hall–Kier alpha value is -0.940. The van der Waals surface area contributed by atoms with Gasteiger partial charge in [-0.2, -0.15) is 4.98 Å². The van der Waals surface area contributed by atoms with Crippen LogP contribution >= 0.6 is 0 Å². The minimum Gasteiger partial charge on any atom is -0.367 e. The highest BCUT2D eigenvalue weighted by molar-refractivity contribution is 5.06. The molecule has 0 radical (unpaired) electrons. The van der Waals surface area contributed by atoms with Gasteiger partial charge in [0.1, 0.15) is 5.60 Å². The molecule has 1 saturated carbocycles. The summed E-state index contributed by atoms with van der Waals surface area (Å²) < 4.78 is 11.4. The molecule has 0 amide bonds. The second kappa shape index (κ2) is 6.22. The summed E-state index contributed by atoms with van der Waals surface area (Å²) in [5.41, 5.74) is 5.70. The third-order valence-corrected chi connectivity index (χ3v) is 4.23. The zero-order chi connectivity index (χ0) is 14.8. The van der Waals surface area contributed by atoms with Gasteiger partial charge in [-0.15, -0.1) is 0 Å². The van der Waals surface area contributed by atoms with Crippen molar-refractivity contribution < 1.29 is 9.26 Å². The van der Waals surface area contributed by atoms with Crippen molar-refractivity contribution in [1.82, 2.24) is 10.1 Å². The van der Waals surface area contributed by atoms with Gasteiger partial charge in [-0.05, 0) is 38.0 Å². The lowest BCUT2D eigenvalue weighted by atomic mass is 9.78. The highest BCUT2D eigenvalue weighted by Crippen LogP contribution is 2.42. The average molecular weight is 281 g/mol. The first kappa shape index (κ1) is 15.4. The van der Waals surface area contributed by atoms with Gasteiger partial charge in [-0.25, -0.2) is 0 Å². The van der Waals surface area contributed by atoms with Gasteiger partial charge in [0.25, 0.3) is 0 Å². The first-order valence-corrected chi connectivity index (χ1v) is 7.72. The highest BCUT2D eigenvalue weighted by atomic mass is 16.5. The van der Waals surface area contributed by atoms with Crippen molar-refractivity contribution in [2.45, 2.75) is 65.0 Å². The number of aromatic nitrogens is 2. The molecule has 0 saturated heterocycles. The summed E-state index contributed by atoms with van der Waals surface area (Å²) in [6.45, 7) is 9.04. The van der Waals surface area contributed by atoms with Crippen LogP contribution in [0.1, 0.15) is 71.1 Å². The van der Waals surface area contributed by atoms with Crippen molar-refractivity contribution in [3.05, 3.63) is 11.7 Å². The maximum absolute atomic E-state index is 6.09. The Morgan fingerprint density at radius 1 is 1.50 bits per heavy atom. The third-order valence-electron chi connectivity index (χ3n) is 4.23. The average Bonchev–Trinajstić information content (AvgIpc) is 2.88. The van der Waals surface area contributed by atoms with Gasteiger partial charge in [0.2, 0.25) is 11.7 Å². The normalized spacial score (nSPS) is 28.8. The summed E-state index contributed by atoms with van der Waals surface area (Å²) in [6, 6.07) is -0.212. The van der Waals surface area contributed by atoms with Crippen molar-refractivity contribution in [2.24, 2.45) is 17.6 Å². The van der Waals surface area contributed by atoms with E-state index in [2.05, 4.69) is 30.9 Å². The molecule has 2 rings (SSSR count). The molecule has 2 N–H and O–H groups in total. The summed E-state index contributed by atoms with van der Waals surface area (Å²) in [7, 11) is 0. The van der Waals surface area contributed by atoms with E-state index in [1.165, 1.54) is 6.42 Å². The standard InChI is InChI=1S/C15H27N3O2/c1-5-19-15(8-6-7-11(4)9-15)14-17-13(20-18-14)12(16)10(2)3/h10-12H,5-9,16H2,1-4H3/t11?,12-,15?/m1/s1. The van der Waals surface area contributed by atoms with Crippen molar-refractivity contribution in [3.63, 3.8) is 0 Å². The van der Waals surface area contributed by atoms with E-state index in [0.717, 1.165) is 19.3 Å². The Morgan fingerprint density at radius 2 is 2.25 bits per heavy atom. The number of hydrogen-bond acceptors (Lipinski definition) is 5. The fourth-order valence-electron chi connectivity index (χ4n) is 3.02. The van der Waals surface area contributed by atoms with Gasteiger partial charge in [-0.3, -0.25) is 0 Å². The van der Waals surface area contributed by atoms with E-state index in [0.29, 0.717) is 24.2 Å². The zero-order valence-electron chi connectivity index (χ0n) is 13.1. The molecule has 0 bridgehead atoms. The molecule has 0 aliphatic heterocycles. The molecular formula is C15H27N3O2. The Morgan fingerprint density at radius 3 is 2.85 bits per heavy atom. The molecule has 3 atom stereocenters. The van der Waals surface area contributed by atoms with Crippen LogP contribution < -0.4 is 5.73 Å². The molecular weight excluding hydrogens is 254 g/mol. The Kier molecular flexibility index (Phi) is 4.81. The summed E-state index contributed by atoms with van der Waals surface area (Å²) >= 11 is 0. The van der Waals surface area contributed by atoms with E-state index < -0.39 is 0 Å². The molecule has 0 aromatic carbocycles. The van der Waals surface area contributed by atoms with Gasteiger partial charge in [0.05, 0.1) is 6.04 Å². The van der Waals surface area contributed by atoms with E-state index in [1.54, 1.807) is 0 Å². The second-order valence-corrected chi connectivity index (χ2v) is 6.35. The van der Waals surface area contributed by atoms with Crippen LogP contribution in [-0.4, -0.2) is 16.7 Å². The van der Waals surface area contributed by atoms with Gasteiger partial charge < -0.3 is 15.0 Å². The number of nitrogens with two attached hydrogens (primary N) is 1. The van der Waals surface area contributed by atoms with Gasteiger partial charge in [0.15, 0.2) is 0 Å². The monoisotopic (exact) mass is 281 g/mol. The Balaban J connectivity index is 2.26. The smallest absolute Gasteiger partial charge is 0.243 e. The molecule has 2 unspecified atom stereocenters. The van der Waals surface area contributed by atoms with Crippen molar-refractivity contribution in [3.8, 4) is 0 Å². The van der Waals surface area contributed by atoms with Gasteiger partial charge in [-0.1, -0.05) is 32.3 Å². The van der Waals surface area contributed by atoms with Crippen molar-refractivity contribution in [1.29, 1.82) is 0 Å². The molecule has 1 heterocycles. The number of ether oxygens (including phenoxy) is 1. The van der Waals surface area contributed by atoms with Crippen molar-refractivity contribution in [2.75, 3.05) is 6.61 Å². The lowest BCUT2D eigenvalue weighted by Crippen LogP contribution is -2.36. The first-order chi connectivity index (χ1) is 9.48. The molecule has 114 valence electrons. The summed E-state index contributed by atoms with van der Waals surface area (Å²) in [5, 5.41) is 4.18. The molecule has 20 heavy (non-hydrogen) atoms. The minimum absolute atomic E-state index is 0.212. The lowest BCUT2D eigenvalue weighted by molar-refractivity contribution is -0.0891. The van der Waals surface area contributed by atoms with E-state index in [9.17, 15) is 0 Å². The molecule has 1 fully saturated rings. The summed E-state index contributed by atoms with van der Waals surface area (Å²) in [4.78, 5) is 4.55. The second-order valence-electron chi connectivity index (χ2n) is 6.35. The topological polar surface area (TPSA) is 74.2 Å². The highest BCUT2D eigenvalue weighted by Gasteiger charge is 2.41. The number of rotatable bonds is 5. The Bertz CT molecular complexity index is 429. The van der Waals surface area contributed by atoms with Crippen LogP contribution in [0, 0.1) is 11.8 Å². The number of nitrogens with zero attached hydrogens (tertiary/aromatic N) is 2. The van der Waals surface area contributed by atoms with E-state index >= 15 is 0 Å². The van der Waals surface area contributed by atoms with Gasteiger partial charge >= 0.3 is 0 Å². The van der Waals surface area contributed by atoms with Crippen LogP contribution in [-0.2, 0) is 10.3 Å². The maximum atomic E-state index is 6.09. The van der Waals surface area contributed by atoms with E-state index in [-0.39, 0.29) is 17.6 Å². The van der Waals surface area contributed by atoms with Crippen LogP contribution in [0.5, 0.6) is 0 Å². The quantitative estimate of drug-likeness (QED) is 0.897. The third kappa shape index (κ3) is 3.04. The van der Waals surface area contributed by atoms with E-state index in [1.807, 2.05) is 6.92 Å². The van der Waals surface area contributed by atoms with E-state index in [4.69, 9.17) is 15.0 Å². The fourth-order valence-corrected chi connectivity index (χ4v) is 3.02. The predicted octanol–water partition coefficient (Wildman–Crippen LogP) is 3.17. The minimum atomic E-state index is -0.384. The molecule has 5 heteroatoms. The fraction of sp³-hybridized carbons (Fsp3) is 0.867. The SMILES string of the molecule is CCOC1(c2noc([C@H](N)C(C)C)n2)CCCC(C)C1. The van der Waals surface area contributed by atoms with Crippen LogP contribution in [0.3, 0.4) is 0 Å². The van der Waals surface area contributed by atoms with Crippen molar-refractivity contribution >= 4 is 0 Å². The maximum Gasteiger partial charge on any atom is 0.243 e. The number of hydrogen-bond donors (Lipinski definition) is 1. The summed E-state index contributed by atoms with van der Waals surface area (Å²) in [6.07, 6.45) is 4.30. The van der Waals surface area contributed by atoms with Crippen LogP contribution in [0.25, 0.3) is 0 Å². The Labute approximate surface area is 121 Å². The largest absolute Gasteiger partial charge is 0.367 e. The summed E-state index contributed by atoms with van der Waals surface area (Å²) in [5.74, 6) is 2.09. The lowest BCUT2D eigenvalue weighted by Gasteiger charge is -2.37. The van der Waals surface area contributed by atoms with Crippen LogP contribution in [0.4, 0.5) is 0 Å². The molecule has 1 aliphatic carbocycles. The van der Waals surface area contributed by atoms with Gasteiger partial charge in [0, 0.05) is 6.61 Å². The van der Waals surface area contributed by atoms with Crippen LogP contribution in [0.15, 0.2) is 4.52 Å².